The summed E-state index contributed by atoms with van der Waals surface area (Å²) in [6, 6.07) is 0. The van der Waals surface area contributed by atoms with Crippen LogP contribution < -0.4 is 5.11 Å². The Bertz CT molecular complexity index is 425. The molecule has 0 fully saturated rings. The molecule has 0 atom stereocenters. The molecule has 0 N–H and O–H groups in total. The summed E-state index contributed by atoms with van der Waals surface area (Å²) in [5, 5.41) is 8.89. The van der Waals surface area contributed by atoms with Crippen molar-refractivity contribution in [3.05, 3.63) is 0 Å². The first kappa shape index (κ1) is 40.6. The third-order valence-corrected chi connectivity index (χ3v) is 8.23. The molecule has 0 aliphatic heterocycles. The van der Waals surface area contributed by atoms with Gasteiger partial charge in [0.05, 0.1) is 27.2 Å². The Hall–Kier alpha value is -0.570. The SMILES string of the molecule is CC(=O)[O-].CCCCCCCCCCCCCCCC[N+](C)(C)CCCCCCCCCCCCCCCC. The second-order valence-corrected chi connectivity index (χ2v) is 13.1. The van der Waals surface area contributed by atoms with Crippen LogP contribution in [0.1, 0.15) is 201 Å². The van der Waals surface area contributed by atoms with Crippen LogP contribution in [0.3, 0.4) is 0 Å². The maximum atomic E-state index is 8.89. The summed E-state index contributed by atoms with van der Waals surface area (Å²) in [6.45, 7) is 8.36. The number of nitrogens with zero attached hydrogens (tertiary/aromatic N) is 1. The van der Waals surface area contributed by atoms with Gasteiger partial charge in [-0.3, -0.25) is 0 Å². The van der Waals surface area contributed by atoms with E-state index in [2.05, 4.69) is 27.9 Å². The van der Waals surface area contributed by atoms with Gasteiger partial charge in [0.1, 0.15) is 0 Å². The van der Waals surface area contributed by atoms with Crippen molar-refractivity contribution in [1.82, 2.24) is 0 Å². The van der Waals surface area contributed by atoms with Gasteiger partial charge in [-0.05, 0) is 32.6 Å². The normalized spacial score (nSPS) is 11.4. The number of quaternary nitrogens is 1. The molecule has 3 heteroatoms. The van der Waals surface area contributed by atoms with Gasteiger partial charge in [-0.2, -0.15) is 0 Å². The third-order valence-electron chi connectivity index (χ3n) is 8.23. The van der Waals surface area contributed by atoms with Crippen molar-refractivity contribution in [2.75, 3.05) is 27.2 Å². The standard InChI is InChI=1S/C34H72N.C2H4O2/c1-5-7-9-11-13-15-17-19-21-23-25-27-29-31-33-35(3,4)34-32-30-28-26-24-22-20-18-16-14-12-10-8-6-2;1-2(3)4/h5-34H2,1-4H3;1H3,(H,3,4)/q+1;/p-1. The van der Waals surface area contributed by atoms with Gasteiger partial charge in [0.25, 0.3) is 0 Å². The number of rotatable bonds is 30. The quantitative estimate of drug-likeness (QED) is 0.0655. The van der Waals surface area contributed by atoms with Gasteiger partial charge in [0, 0.05) is 5.97 Å². The van der Waals surface area contributed by atoms with Crippen LogP contribution in [0.15, 0.2) is 0 Å². The lowest BCUT2D eigenvalue weighted by molar-refractivity contribution is -0.890. The largest absolute Gasteiger partial charge is 0.550 e. The second-order valence-electron chi connectivity index (χ2n) is 13.1. The number of carbonyl (C=O) groups is 1. The van der Waals surface area contributed by atoms with Crippen LogP contribution in [0.4, 0.5) is 0 Å². The molecule has 0 aromatic carbocycles. The number of aliphatic carboxylic acids is 1. The zero-order valence-electron chi connectivity index (χ0n) is 28.0. The van der Waals surface area contributed by atoms with E-state index in [9.17, 15) is 0 Å². The second kappa shape index (κ2) is 33.6. The maximum Gasteiger partial charge on any atom is 0.0782 e. The smallest absolute Gasteiger partial charge is 0.0782 e. The first-order chi connectivity index (χ1) is 18.9. The van der Waals surface area contributed by atoms with Crippen LogP contribution in [0.5, 0.6) is 0 Å². The molecule has 0 aliphatic rings. The van der Waals surface area contributed by atoms with Gasteiger partial charge in [0.2, 0.25) is 0 Å². The predicted octanol–water partition coefficient (Wildman–Crippen LogP) is 10.8. The first-order valence-corrected chi connectivity index (χ1v) is 17.8. The number of carboxylic acid groups (broad SMARTS) is 1. The molecule has 39 heavy (non-hydrogen) atoms. The molecule has 0 spiro atoms. The summed E-state index contributed by atoms with van der Waals surface area (Å²) in [5.41, 5.74) is 0. The molecule has 0 aromatic heterocycles. The maximum absolute atomic E-state index is 8.89. The van der Waals surface area contributed by atoms with E-state index in [1.807, 2.05) is 0 Å². The molecule has 0 aliphatic carbocycles. The van der Waals surface area contributed by atoms with Gasteiger partial charge in [-0.1, -0.05) is 168 Å². The van der Waals surface area contributed by atoms with Crippen molar-refractivity contribution in [2.45, 2.75) is 201 Å². The van der Waals surface area contributed by atoms with Gasteiger partial charge in [-0.25, -0.2) is 0 Å². The lowest BCUT2D eigenvalue weighted by Gasteiger charge is -2.30. The molecule has 0 bridgehead atoms. The molecule has 0 saturated carbocycles. The summed E-state index contributed by atoms with van der Waals surface area (Å²) in [4.78, 5) is 8.89. The predicted molar refractivity (Wildman–Crippen MR) is 173 cm³/mol. The molecule has 0 unspecified atom stereocenters. The molecule has 0 amide bonds. The van der Waals surface area contributed by atoms with Crippen molar-refractivity contribution in [2.24, 2.45) is 0 Å². The fourth-order valence-electron chi connectivity index (χ4n) is 5.58. The Balaban J connectivity index is 0. The highest BCUT2D eigenvalue weighted by Crippen LogP contribution is 2.15. The Morgan fingerprint density at radius 2 is 0.564 bits per heavy atom. The van der Waals surface area contributed by atoms with Crippen LogP contribution in [-0.4, -0.2) is 37.6 Å². The lowest BCUT2D eigenvalue weighted by Crippen LogP contribution is -2.41. The van der Waals surface area contributed by atoms with E-state index < -0.39 is 5.97 Å². The van der Waals surface area contributed by atoms with Gasteiger partial charge < -0.3 is 14.4 Å². The van der Waals surface area contributed by atoms with Gasteiger partial charge in [-0.15, -0.1) is 0 Å². The highest BCUT2D eigenvalue weighted by molar-refractivity contribution is 5.60. The van der Waals surface area contributed by atoms with E-state index in [0.717, 1.165) is 6.92 Å². The van der Waals surface area contributed by atoms with Crippen LogP contribution in [0, 0.1) is 0 Å². The van der Waals surface area contributed by atoms with E-state index in [0.29, 0.717) is 0 Å². The average molecular weight is 554 g/mol. The van der Waals surface area contributed by atoms with Crippen molar-refractivity contribution in [3.63, 3.8) is 0 Å². The number of hydrogen-bond acceptors (Lipinski definition) is 2. The average Bonchev–Trinajstić information content (AvgIpc) is 2.88. The minimum absolute atomic E-state index is 0.972. The topological polar surface area (TPSA) is 40.1 Å². The van der Waals surface area contributed by atoms with E-state index in [4.69, 9.17) is 9.90 Å². The summed E-state index contributed by atoms with van der Waals surface area (Å²) in [5.74, 6) is -1.08. The summed E-state index contributed by atoms with van der Waals surface area (Å²) >= 11 is 0. The summed E-state index contributed by atoms with van der Waals surface area (Å²) in [7, 11) is 4.93. The molecule has 0 radical (unpaired) electrons. The van der Waals surface area contributed by atoms with Crippen LogP contribution in [0.2, 0.25) is 0 Å². The Kier molecular flexibility index (Phi) is 35.0. The molecule has 0 rings (SSSR count). The zero-order chi connectivity index (χ0) is 29.3. The monoisotopic (exact) mass is 554 g/mol. The highest BCUT2D eigenvalue weighted by atomic mass is 16.4. The first-order valence-electron chi connectivity index (χ1n) is 17.8. The fourth-order valence-corrected chi connectivity index (χ4v) is 5.58. The fraction of sp³-hybridized carbons (Fsp3) is 0.972. The van der Waals surface area contributed by atoms with E-state index in [1.54, 1.807) is 0 Å². The van der Waals surface area contributed by atoms with E-state index in [-0.39, 0.29) is 0 Å². The minimum Gasteiger partial charge on any atom is -0.550 e. The Morgan fingerprint density at radius 3 is 0.744 bits per heavy atom. The Morgan fingerprint density at radius 1 is 0.410 bits per heavy atom. The number of carboxylic acids is 1. The van der Waals surface area contributed by atoms with Crippen molar-refractivity contribution >= 4 is 5.97 Å². The summed E-state index contributed by atoms with van der Waals surface area (Å²) in [6.07, 6.45) is 40.9. The molecule has 0 saturated heterocycles. The van der Waals surface area contributed by atoms with Crippen LogP contribution >= 0.6 is 0 Å². The van der Waals surface area contributed by atoms with Crippen molar-refractivity contribution in [3.8, 4) is 0 Å². The van der Waals surface area contributed by atoms with Crippen LogP contribution in [0.25, 0.3) is 0 Å². The third kappa shape index (κ3) is 42.0. The van der Waals surface area contributed by atoms with Crippen LogP contribution in [-0.2, 0) is 4.79 Å². The number of unbranched alkanes of at least 4 members (excludes halogenated alkanes) is 26. The molecular weight excluding hydrogens is 478 g/mol. The molecule has 0 heterocycles. The molecule has 0 aromatic rings. The number of hydrogen-bond donors (Lipinski definition) is 0. The lowest BCUT2D eigenvalue weighted by atomic mass is 10.0. The van der Waals surface area contributed by atoms with Crippen molar-refractivity contribution < 1.29 is 14.4 Å². The minimum atomic E-state index is -1.08. The summed E-state index contributed by atoms with van der Waals surface area (Å²) < 4.78 is 1.25. The number of carbonyl (C=O) groups excluding carboxylic acids is 1. The van der Waals surface area contributed by atoms with Crippen molar-refractivity contribution in [1.29, 1.82) is 0 Å². The van der Waals surface area contributed by atoms with E-state index >= 15 is 0 Å². The molecule has 236 valence electrons. The zero-order valence-corrected chi connectivity index (χ0v) is 28.0. The molecule has 3 nitrogen and oxygen atoms in total. The highest BCUT2D eigenvalue weighted by Gasteiger charge is 2.13. The Labute approximate surface area is 247 Å². The molecular formula is C36H75NO2. The van der Waals surface area contributed by atoms with Gasteiger partial charge >= 0.3 is 0 Å². The van der Waals surface area contributed by atoms with E-state index in [1.165, 1.54) is 197 Å². The van der Waals surface area contributed by atoms with Gasteiger partial charge in [0.15, 0.2) is 0 Å².